The fourth-order valence-electron chi connectivity index (χ4n) is 2.83. The topological polar surface area (TPSA) is 72.5 Å². The van der Waals surface area contributed by atoms with Crippen LogP contribution < -0.4 is 10.1 Å². The molecule has 0 saturated carbocycles. The minimum atomic E-state index is -0.416. The van der Waals surface area contributed by atoms with Gasteiger partial charge in [-0.1, -0.05) is 47.5 Å². The van der Waals surface area contributed by atoms with Crippen molar-refractivity contribution in [1.82, 2.24) is 0 Å². The molecule has 1 unspecified atom stereocenters. The van der Waals surface area contributed by atoms with Gasteiger partial charge in [-0.2, -0.15) is 0 Å². The van der Waals surface area contributed by atoms with Gasteiger partial charge in [-0.3, -0.25) is 9.59 Å². The Morgan fingerprint density at radius 1 is 1.00 bits per heavy atom. The highest BCUT2D eigenvalue weighted by atomic mass is 16.5. The van der Waals surface area contributed by atoms with E-state index in [1.165, 1.54) is 26.7 Å². The van der Waals surface area contributed by atoms with Gasteiger partial charge in [0.25, 0.3) is 0 Å². The molecule has 1 aromatic carbocycles. The van der Waals surface area contributed by atoms with Crippen LogP contribution in [-0.2, 0) is 16.0 Å². The van der Waals surface area contributed by atoms with E-state index in [1.54, 1.807) is 20.2 Å². The second-order valence-electron chi connectivity index (χ2n) is 7.37. The van der Waals surface area contributed by atoms with Gasteiger partial charge in [-0.25, -0.2) is 0 Å². The minimum absolute atomic E-state index is 0.0305. The predicted molar refractivity (Wildman–Crippen MR) is 127 cm³/mol. The highest BCUT2D eigenvalue weighted by Gasteiger charge is 2.23. The molecule has 5 nitrogen and oxygen atoms in total. The van der Waals surface area contributed by atoms with E-state index in [2.05, 4.69) is 33.0 Å². The van der Waals surface area contributed by atoms with Gasteiger partial charge in [0.2, 0.25) is 0 Å². The van der Waals surface area contributed by atoms with Crippen molar-refractivity contribution in [3.63, 3.8) is 0 Å². The quantitative estimate of drug-likeness (QED) is 0.450. The Morgan fingerprint density at radius 2 is 1.53 bits per heavy atom. The van der Waals surface area contributed by atoms with Crippen molar-refractivity contribution in [2.75, 3.05) is 19.5 Å². The summed E-state index contributed by atoms with van der Waals surface area (Å²) >= 11 is 0. The number of hydrogen-bond acceptors (Lipinski definition) is 5. The largest absolute Gasteiger partial charge is 0.494 e. The highest BCUT2D eigenvalue weighted by molar-refractivity contribution is 6.01. The van der Waals surface area contributed by atoms with E-state index in [9.17, 15) is 14.4 Å². The number of methoxy groups -OCH3 is 1. The lowest BCUT2D eigenvalue weighted by molar-refractivity contribution is -0.121. The van der Waals surface area contributed by atoms with E-state index in [0.717, 1.165) is 11.3 Å². The van der Waals surface area contributed by atoms with E-state index in [4.69, 9.17) is 4.74 Å². The second-order valence-corrected chi connectivity index (χ2v) is 7.37. The van der Waals surface area contributed by atoms with Crippen LogP contribution in [0.1, 0.15) is 96.5 Å². The Labute approximate surface area is 184 Å². The van der Waals surface area contributed by atoms with Crippen LogP contribution in [0.4, 0.5) is 5.69 Å². The van der Waals surface area contributed by atoms with Crippen molar-refractivity contribution in [2.24, 2.45) is 5.92 Å². The van der Waals surface area contributed by atoms with E-state index in [1.807, 2.05) is 13.0 Å². The molecule has 0 spiro atoms. The molecule has 0 amide bonds. The number of rotatable bonds is 10. The Hall–Kier alpha value is -2.17. The second kappa shape index (κ2) is 17.7. The summed E-state index contributed by atoms with van der Waals surface area (Å²) in [7, 11) is 3.38. The fraction of sp³-hybridized carbons (Fsp3) is 0.640. The third-order valence-corrected chi connectivity index (χ3v) is 4.24. The van der Waals surface area contributed by atoms with Crippen LogP contribution in [0.5, 0.6) is 5.75 Å². The number of carbonyl (C=O) groups is 3. The molecule has 1 aromatic rings. The van der Waals surface area contributed by atoms with E-state index in [-0.39, 0.29) is 23.8 Å². The summed E-state index contributed by atoms with van der Waals surface area (Å²) in [6.45, 7) is 13.4. The van der Waals surface area contributed by atoms with Crippen molar-refractivity contribution in [3.05, 3.63) is 23.3 Å². The number of ether oxygens (including phenoxy) is 1. The van der Waals surface area contributed by atoms with Crippen molar-refractivity contribution >= 4 is 23.0 Å². The Bertz CT molecular complexity index is 651. The van der Waals surface area contributed by atoms with Gasteiger partial charge >= 0.3 is 0 Å². The van der Waals surface area contributed by atoms with Crippen LogP contribution in [0.2, 0.25) is 0 Å². The smallest absolute Gasteiger partial charge is 0.164 e. The molecular weight excluding hydrogens is 378 g/mol. The maximum atomic E-state index is 12.7. The molecular formula is C25H43NO4. The number of Topliss-reactive ketones (excluding diaryl/α,β-unsaturated/α-hetero) is 3. The number of hydrogen-bond donors (Lipinski definition) is 1. The molecule has 0 aliphatic rings. The van der Waals surface area contributed by atoms with Crippen LogP contribution in [0.3, 0.4) is 0 Å². The van der Waals surface area contributed by atoms with Gasteiger partial charge in [0, 0.05) is 36.9 Å². The van der Waals surface area contributed by atoms with Gasteiger partial charge in [0.05, 0.1) is 12.8 Å². The first-order valence-corrected chi connectivity index (χ1v) is 11.1. The van der Waals surface area contributed by atoms with Crippen molar-refractivity contribution < 1.29 is 19.1 Å². The first-order chi connectivity index (χ1) is 14.2. The number of anilines is 1. The van der Waals surface area contributed by atoms with Crippen LogP contribution >= 0.6 is 0 Å². The first-order valence-electron chi connectivity index (χ1n) is 11.1. The van der Waals surface area contributed by atoms with Crippen LogP contribution in [0.25, 0.3) is 0 Å². The van der Waals surface area contributed by atoms with E-state index < -0.39 is 5.92 Å². The monoisotopic (exact) mass is 421 g/mol. The Kier molecular flexibility index (Phi) is 17.7. The maximum absolute atomic E-state index is 12.7. The summed E-state index contributed by atoms with van der Waals surface area (Å²) in [5, 5.41) is 3.05. The number of nitrogens with one attached hydrogen (secondary N) is 1. The lowest BCUT2D eigenvalue weighted by atomic mass is 9.88. The molecule has 0 heterocycles. The molecule has 0 aliphatic heterocycles. The van der Waals surface area contributed by atoms with Crippen molar-refractivity contribution in [2.45, 2.75) is 87.0 Å². The van der Waals surface area contributed by atoms with Gasteiger partial charge in [0.15, 0.2) is 5.78 Å². The standard InChI is InChI=1S/C19H27NO4.2C3H8/c1-6-15-16(9-10-17(20-4)19(15)24-5)18(23)11-14(13(3)22)8-7-12(2)21;2*1-3-2/h9-10,14,20H,6-8,11H2,1-5H3;2*3H2,1-2H3. The zero-order valence-electron chi connectivity index (χ0n) is 20.6. The van der Waals surface area contributed by atoms with Crippen LogP contribution in [0.15, 0.2) is 12.1 Å². The molecule has 0 radical (unpaired) electrons. The lowest BCUT2D eigenvalue weighted by Gasteiger charge is -2.18. The van der Waals surface area contributed by atoms with Gasteiger partial charge in [-0.05, 0) is 38.8 Å². The summed E-state index contributed by atoms with van der Waals surface area (Å²) in [4.78, 5) is 35.7. The summed E-state index contributed by atoms with van der Waals surface area (Å²) < 4.78 is 5.45. The Balaban J connectivity index is 0. The molecule has 1 N–H and O–H groups in total. The van der Waals surface area contributed by atoms with Gasteiger partial charge < -0.3 is 14.8 Å². The lowest BCUT2D eigenvalue weighted by Crippen LogP contribution is -2.18. The molecule has 5 heteroatoms. The summed E-state index contributed by atoms with van der Waals surface area (Å²) in [5.74, 6) is 0.135. The van der Waals surface area contributed by atoms with E-state index >= 15 is 0 Å². The average Bonchev–Trinajstić information content (AvgIpc) is 2.70. The zero-order chi connectivity index (χ0) is 23.7. The van der Waals surface area contributed by atoms with Crippen LogP contribution in [0, 0.1) is 5.92 Å². The number of carbonyl (C=O) groups excluding carboxylic acids is 3. The molecule has 0 bridgehead atoms. The number of ketones is 3. The molecule has 172 valence electrons. The summed E-state index contributed by atoms with van der Waals surface area (Å²) in [5.41, 5.74) is 2.25. The van der Waals surface area contributed by atoms with Gasteiger partial charge in [-0.15, -0.1) is 0 Å². The third kappa shape index (κ3) is 11.1. The SMILES string of the molecule is CCC.CCC.CCc1c(C(=O)CC(CCC(C)=O)C(C)=O)ccc(NC)c1OC. The van der Waals surface area contributed by atoms with Crippen LogP contribution in [-0.4, -0.2) is 31.5 Å². The molecule has 30 heavy (non-hydrogen) atoms. The first kappa shape index (κ1) is 30.0. The van der Waals surface area contributed by atoms with Crippen molar-refractivity contribution in [1.29, 1.82) is 0 Å². The minimum Gasteiger partial charge on any atom is -0.494 e. The average molecular weight is 422 g/mol. The molecule has 0 fully saturated rings. The normalized spacial score (nSPS) is 10.6. The Morgan fingerprint density at radius 3 is 1.90 bits per heavy atom. The zero-order valence-corrected chi connectivity index (χ0v) is 20.6. The highest BCUT2D eigenvalue weighted by Crippen LogP contribution is 2.33. The molecule has 1 atom stereocenters. The maximum Gasteiger partial charge on any atom is 0.164 e. The number of benzene rings is 1. The molecule has 0 aliphatic carbocycles. The summed E-state index contributed by atoms with van der Waals surface area (Å²) in [6, 6.07) is 3.58. The third-order valence-electron chi connectivity index (χ3n) is 4.24. The summed E-state index contributed by atoms with van der Waals surface area (Å²) in [6.07, 6.45) is 4.01. The fourth-order valence-corrected chi connectivity index (χ4v) is 2.83. The molecule has 1 rings (SSSR count). The molecule has 0 aromatic heterocycles. The molecule has 0 saturated heterocycles. The predicted octanol–water partition coefficient (Wildman–Crippen LogP) is 6.28. The van der Waals surface area contributed by atoms with E-state index in [0.29, 0.717) is 30.6 Å². The van der Waals surface area contributed by atoms with Crippen molar-refractivity contribution in [3.8, 4) is 5.75 Å². The van der Waals surface area contributed by atoms with Gasteiger partial charge in [0.1, 0.15) is 17.3 Å².